The Morgan fingerprint density at radius 2 is 2.00 bits per heavy atom. The number of carbonyl (C=O) groups excluding carboxylic acids is 1. The zero-order valence-corrected chi connectivity index (χ0v) is 11.5. The standard InChI is InChI=1S/C15H20O4/c1-8-4-5-12(17)10(3)13(8)14-11(6-7-16)9(2)15(18)19-14/h4-5,9,11,14,16-17H,6-7H2,1-3H3/t9-,11-,14-/m0/s1. The zero-order chi connectivity index (χ0) is 14.2. The molecule has 0 saturated carbocycles. The molecule has 2 N–H and O–H groups in total. The van der Waals surface area contributed by atoms with Gasteiger partial charge < -0.3 is 14.9 Å². The van der Waals surface area contributed by atoms with Crippen LogP contribution in [-0.4, -0.2) is 22.8 Å². The van der Waals surface area contributed by atoms with E-state index >= 15 is 0 Å². The number of hydrogen-bond acceptors (Lipinski definition) is 4. The molecule has 1 heterocycles. The molecule has 1 aromatic carbocycles. The molecule has 19 heavy (non-hydrogen) atoms. The molecule has 0 aliphatic carbocycles. The third-order valence-corrected chi connectivity index (χ3v) is 4.10. The van der Waals surface area contributed by atoms with E-state index in [9.17, 15) is 15.0 Å². The van der Waals surface area contributed by atoms with Crippen molar-refractivity contribution in [3.8, 4) is 5.75 Å². The summed E-state index contributed by atoms with van der Waals surface area (Å²) in [5, 5.41) is 19.0. The molecule has 1 saturated heterocycles. The molecule has 2 rings (SSSR count). The van der Waals surface area contributed by atoms with Crippen LogP contribution in [0.4, 0.5) is 0 Å². The number of benzene rings is 1. The van der Waals surface area contributed by atoms with E-state index in [1.54, 1.807) is 6.07 Å². The summed E-state index contributed by atoms with van der Waals surface area (Å²) in [5.41, 5.74) is 2.61. The van der Waals surface area contributed by atoms with Gasteiger partial charge in [-0.05, 0) is 37.5 Å². The number of hydrogen-bond donors (Lipinski definition) is 2. The molecule has 0 spiro atoms. The molecule has 4 nitrogen and oxygen atoms in total. The van der Waals surface area contributed by atoms with Crippen molar-refractivity contribution >= 4 is 5.97 Å². The molecule has 0 unspecified atom stereocenters. The second-order valence-electron chi connectivity index (χ2n) is 5.26. The number of cyclic esters (lactones) is 1. The lowest BCUT2D eigenvalue weighted by Crippen LogP contribution is -2.17. The molecule has 0 radical (unpaired) electrons. The summed E-state index contributed by atoms with van der Waals surface area (Å²) in [5.74, 6) is -0.292. The fraction of sp³-hybridized carbons (Fsp3) is 0.533. The SMILES string of the molecule is Cc1ccc(O)c(C)c1[C@H]1OC(=O)[C@@H](C)[C@@H]1CCO. The monoisotopic (exact) mass is 264 g/mol. The third kappa shape index (κ3) is 2.32. The van der Waals surface area contributed by atoms with Crippen molar-refractivity contribution < 1.29 is 19.7 Å². The molecular weight excluding hydrogens is 244 g/mol. The average molecular weight is 264 g/mol. The summed E-state index contributed by atoms with van der Waals surface area (Å²) in [6.45, 7) is 5.62. The Balaban J connectivity index is 2.46. The predicted octanol–water partition coefficient (Wildman–Crippen LogP) is 2.24. The average Bonchev–Trinajstić information content (AvgIpc) is 2.63. The van der Waals surface area contributed by atoms with Gasteiger partial charge in [0.15, 0.2) is 0 Å². The molecular formula is C15H20O4. The van der Waals surface area contributed by atoms with Crippen molar-refractivity contribution in [3.05, 3.63) is 28.8 Å². The molecule has 104 valence electrons. The van der Waals surface area contributed by atoms with Crippen molar-refractivity contribution in [2.24, 2.45) is 11.8 Å². The Bertz CT molecular complexity index is 495. The lowest BCUT2D eigenvalue weighted by Gasteiger charge is -2.22. The van der Waals surface area contributed by atoms with Crippen LogP contribution in [0.1, 0.15) is 36.1 Å². The van der Waals surface area contributed by atoms with Crippen molar-refractivity contribution in [1.29, 1.82) is 0 Å². The molecule has 0 aromatic heterocycles. The number of ether oxygens (including phenoxy) is 1. The highest BCUT2D eigenvalue weighted by molar-refractivity contribution is 5.75. The third-order valence-electron chi connectivity index (χ3n) is 4.10. The van der Waals surface area contributed by atoms with Gasteiger partial charge in [0.05, 0.1) is 5.92 Å². The fourth-order valence-corrected chi connectivity index (χ4v) is 2.87. The number of carbonyl (C=O) groups is 1. The maximum Gasteiger partial charge on any atom is 0.309 e. The number of aliphatic hydroxyl groups excluding tert-OH is 1. The molecule has 0 bridgehead atoms. The highest BCUT2D eigenvalue weighted by Crippen LogP contribution is 2.44. The van der Waals surface area contributed by atoms with Gasteiger partial charge in [0.1, 0.15) is 11.9 Å². The van der Waals surface area contributed by atoms with Crippen LogP contribution in [0.25, 0.3) is 0 Å². The Labute approximate surface area is 113 Å². The van der Waals surface area contributed by atoms with Gasteiger partial charge in [0.2, 0.25) is 0 Å². The number of phenolic OH excluding ortho intramolecular Hbond substituents is 1. The number of rotatable bonds is 3. The predicted molar refractivity (Wildman–Crippen MR) is 70.8 cm³/mol. The minimum atomic E-state index is -0.373. The quantitative estimate of drug-likeness (QED) is 0.822. The van der Waals surface area contributed by atoms with Crippen molar-refractivity contribution in [2.75, 3.05) is 6.61 Å². The smallest absolute Gasteiger partial charge is 0.309 e. The van der Waals surface area contributed by atoms with Crippen LogP contribution in [0.3, 0.4) is 0 Å². The lowest BCUT2D eigenvalue weighted by molar-refractivity contribution is -0.144. The van der Waals surface area contributed by atoms with Crippen molar-refractivity contribution in [2.45, 2.75) is 33.3 Å². The second-order valence-corrected chi connectivity index (χ2v) is 5.26. The van der Waals surface area contributed by atoms with Gasteiger partial charge in [-0.3, -0.25) is 4.79 Å². The Kier molecular flexibility index (Phi) is 3.80. The van der Waals surface area contributed by atoms with Gasteiger partial charge >= 0.3 is 5.97 Å². The molecule has 1 aliphatic heterocycles. The van der Waals surface area contributed by atoms with Crippen LogP contribution in [0, 0.1) is 25.7 Å². The Hall–Kier alpha value is -1.55. The minimum absolute atomic E-state index is 0.0268. The second kappa shape index (κ2) is 5.21. The van der Waals surface area contributed by atoms with Crippen LogP contribution in [0.5, 0.6) is 5.75 Å². The number of aromatic hydroxyl groups is 1. The van der Waals surface area contributed by atoms with Crippen LogP contribution >= 0.6 is 0 Å². The summed E-state index contributed by atoms with van der Waals surface area (Å²) in [6, 6.07) is 3.47. The highest BCUT2D eigenvalue weighted by Gasteiger charge is 2.43. The van der Waals surface area contributed by atoms with Gasteiger partial charge in [0, 0.05) is 18.1 Å². The molecule has 1 fully saturated rings. The Morgan fingerprint density at radius 1 is 1.32 bits per heavy atom. The first-order valence-electron chi connectivity index (χ1n) is 6.57. The molecule has 4 heteroatoms. The normalized spacial score (nSPS) is 26.5. The largest absolute Gasteiger partial charge is 0.508 e. The van der Waals surface area contributed by atoms with Gasteiger partial charge in [-0.25, -0.2) is 0 Å². The van der Waals surface area contributed by atoms with Crippen molar-refractivity contribution in [1.82, 2.24) is 0 Å². The van der Waals surface area contributed by atoms with Crippen LogP contribution in [0.2, 0.25) is 0 Å². The summed E-state index contributed by atoms with van der Waals surface area (Å²) in [6.07, 6.45) is 0.147. The van der Waals surface area contributed by atoms with E-state index in [0.29, 0.717) is 6.42 Å². The maximum atomic E-state index is 11.8. The van der Waals surface area contributed by atoms with Gasteiger partial charge in [-0.2, -0.15) is 0 Å². The first-order valence-corrected chi connectivity index (χ1v) is 6.57. The molecule has 1 aromatic rings. The zero-order valence-electron chi connectivity index (χ0n) is 11.5. The molecule has 0 amide bonds. The topological polar surface area (TPSA) is 66.8 Å². The van der Waals surface area contributed by atoms with Crippen LogP contribution < -0.4 is 0 Å². The number of esters is 1. The van der Waals surface area contributed by atoms with Gasteiger partial charge in [-0.1, -0.05) is 13.0 Å². The maximum absolute atomic E-state index is 11.8. The fourth-order valence-electron chi connectivity index (χ4n) is 2.87. The van der Waals surface area contributed by atoms with E-state index in [1.807, 2.05) is 26.8 Å². The first-order chi connectivity index (χ1) is 8.97. The lowest BCUT2D eigenvalue weighted by atomic mass is 9.83. The van der Waals surface area contributed by atoms with E-state index in [0.717, 1.165) is 16.7 Å². The summed E-state index contributed by atoms with van der Waals surface area (Å²) >= 11 is 0. The minimum Gasteiger partial charge on any atom is -0.508 e. The van der Waals surface area contributed by atoms with Crippen LogP contribution in [0.15, 0.2) is 12.1 Å². The number of aliphatic hydroxyl groups is 1. The Morgan fingerprint density at radius 3 is 2.63 bits per heavy atom. The van der Waals surface area contributed by atoms with Gasteiger partial charge in [0.25, 0.3) is 0 Å². The van der Waals surface area contributed by atoms with Crippen molar-refractivity contribution in [3.63, 3.8) is 0 Å². The van der Waals surface area contributed by atoms with E-state index in [1.165, 1.54) is 0 Å². The number of phenols is 1. The van der Waals surface area contributed by atoms with Crippen LogP contribution in [-0.2, 0) is 9.53 Å². The molecule has 1 aliphatic rings. The van der Waals surface area contributed by atoms with Gasteiger partial charge in [-0.15, -0.1) is 0 Å². The van der Waals surface area contributed by atoms with E-state index in [4.69, 9.17) is 4.74 Å². The number of aryl methyl sites for hydroxylation is 1. The summed E-state index contributed by atoms with van der Waals surface area (Å²) in [7, 11) is 0. The highest BCUT2D eigenvalue weighted by atomic mass is 16.6. The first kappa shape index (κ1) is 13.9. The van der Waals surface area contributed by atoms with E-state index in [2.05, 4.69) is 0 Å². The summed E-state index contributed by atoms with van der Waals surface area (Å²) < 4.78 is 5.48. The summed E-state index contributed by atoms with van der Waals surface area (Å²) in [4.78, 5) is 11.8. The molecule has 3 atom stereocenters. The van der Waals surface area contributed by atoms with E-state index in [-0.39, 0.29) is 36.3 Å². The van der Waals surface area contributed by atoms with E-state index < -0.39 is 0 Å².